The zero-order valence-electron chi connectivity index (χ0n) is 9.40. The lowest BCUT2D eigenvalue weighted by Crippen LogP contribution is -2.11. The molecule has 3 nitrogen and oxygen atoms in total. The van der Waals surface area contributed by atoms with Crippen LogP contribution in [-0.2, 0) is 6.42 Å². The van der Waals surface area contributed by atoms with Crippen LogP contribution in [0.2, 0.25) is 0 Å². The van der Waals surface area contributed by atoms with Crippen molar-refractivity contribution < 1.29 is 0 Å². The van der Waals surface area contributed by atoms with Crippen LogP contribution in [0.15, 0.2) is 60.8 Å². The normalized spacial score (nSPS) is 14.4. The first kappa shape index (κ1) is 9.90. The van der Waals surface area contributed by atoms with Gasteiger partial charge in [0.2, 0.25) is 0 Å². The lowest BCUT2D eigenvalue weighted by molar-refractivity contribution is 0.930. The van der Waals surface area contributed by atoms with E-state index in [0.29, 0.717) is 0 Å². The number of nitrogens with zero attached hydrogens (tertiary/aromatic N) is 1. The highest BCUT2D eigenvalue weighted by Crippen LogP contribution is 2.19. The van der Waals surface area contributed by atoms with Gasteiger partial charge >= 0.3 is 0 Å². The van der Waals surface area contributed by atoms with Gasteiger partial charge in [0.15, 0.2) is 0 Å². The summed E-state index contributed by atoms with van der Waals surface area (Å²) < 4.78 is 0. The molecular weight excluding hydrogens is 210 g/mol. The number of hydrogen-bond donors (Lipinski definition) is 2. The largest absolute Gasteiger partial charge is 0.347 e. The molecule has 0 aliphatic carbocycles. The highest BCUT2D eigenvalue weighted by molar-refractivity contribution is 5.82. The predicted molar refractivity (Wildman–Crippen MR) is 68.9 cm³/mol. The molecule has 1 aromatic heterocycles. The summed E-state index contributed by atoms with van der Waals surface area (Å²) in [5.41, 5.74) is 3.44. The number of allylic oxidation sites excluding steroid dienone is 1. The highest BCUT2D eigenvalue weighted by atomic mass is 15.1. The minimum atomic E-state index is 0.832. The number of nitrogens with one attached hydrogen (secondary N) is 2. The molecule has 3 heteroatoms. The van der Waals surface area contributed by atoms with Gasteiger partial charge in [-0.15, -0.1) is 0 Å². The molecule has 2 N–H and O–H groups in total. The van der Waals surface area contributed by atoms with Crippen LogP contribution in [0.1, 0.15) is 5.56 Å². The molecule has 1 aromatic carbocycles. The molecule has 0 saturated carbocycles. The SMILES string of the molecule is C=C1NC=C(Cc2cccc3ncccc23)N1. The van der Waals surface area contributed by atoms with Gasteiger partial charge in [-0.05, 0) is 17.7 Å². The van der Waals surface area contributed by atoms with Crippen LogP contribution in [0.3, 0.4) is 0 Å². The average molecular weight is 223 g/mol. The number of aromatic nitrogens is 1. The van der Waals surface area contributed by atoms with Gasteiger partial charge in [0.1, 0.15) is 0 Å². The van der Waals surface area contributed by atoms with E-state index in [0.717, 1.165) is 23.5 Å². The predicted octanol–water partition coefficient (Wildman–Crippen LogP) is 2.28. The second kappa shape index (κ2) is 3.94. The van der Waals surface area contributed by atoms with Crippen LogP contribution in [-0.4, -0.2) is 4.98 Å². The molecule has 84 valence electrons. The van der Waals surface area contributed by atoms with E-state index < -0.39 is 0 Å². The molecule has 1 aliphatic rings. The van der Waals surface area contributed by atoms with Gasteiger partial charge < -0.3 is 10.6 Å². The Kier molecular flexibility index (Phi) is 2.29. The van der Waals surface area contributed by atoms with E-state index in [4.69, 9.17) is 0 Å². The fourth-order valence-corrected chi connectivity index (χ4v) is 2.06. The van der Waals surface area contributed by atoms with Crippen molar-refractivity contribution in [3.05, 3.63) is 66.4 Å². The lowest BCUT2D eigenvalue weighted by atomic mass is 10.0. The van der Waals surface area contributed by atoms with E-state index in [9.17, 15) is 0 Å². The van der Waals surface area contributed by atoms with Crippen LogP contribution in [0.25, 0.3) is 10.9 Å². The summed E-state index contributed by atoms with van der Waals surface area (Å²) in [4.78, 5) is 4.36. The molecule has 0 unspecified atom stereocenters. The number of pyridine rings is 1. The Labute approximate surface area is 99.9 Å². The first-order valence-electron chi connectivity index (χ1n) is 5.57. The molecule has 0 radical (unpaired) electrons. The van der Waals surface area contributed by atoms with Crippen molar-refractivity contribution in [1.29, 1.82) is 0 Å². The summed E-state index contributed by atoms with van der Waals surface area (Å²) in [5, 5.41) is 7.46. The fourth-order valence-electron chi connectivity index (χ4n) is 2.06. The number of rotatable bonds is 2. The second-order valence-corrected chi connectivity index (χ2v) is 4.08. The maximum Gasteiger partial charge on any atom is 0.0995 e. The van der Waals surface area contributed by atoms with Gasteiger partial charge in [-0.1, -0.05) is 24.8 Å². The van der Waals surface area contributed by atoms with Crippen molar-refractivity contribution in [2.45, 2.75) is 6.42 Å². The zero-order valence-corrected chi connectivity index (χ0v) is 9.40. The molecule has 0 amide bonds. The average Bonchev–Trinajstić information content (AvgIpc) is 2.75. The van der Waals surface area contributed by atoms with Crippen LogP contribution in [0.5, 0.6) is 0 Å². The van der Waals surface area contributed by atoms with Crippen molar-refractivity contribution in [1.82, 2.24) is 15.6 Å². The van der Waals surface area contributed by atoms with Crippen molar-refractivity contribution in [2.75, 3.05) is 0 Å². The van der Waals surface area contributed by atoms with Crippen LogP contribution in [0.4, 0.5) is 0 Å². The summed E-state index contributed by atoms with van der Waals surface area (Å²) in [6.45, 7) is 3.82. The Morgan fingerprint density at radius 2 is 2.12 bits per heavy atom. The third-order valence-electron chi connectivity index (χ3n) is 2.85. The first-order chi connectivity index (χ1) is 8.33. The molecule has 3 rings (SSSR count). The van der Waals surface area contributed by atoms with Gasteiger partial charge in [-0.25, -0.2) is 0 Å². The summed E-state index contributed by atoms with van der Waals surface area (Å²) in [6, 6.07) is 10.3. The second-order valence-electron chi connectivity index (χ2n) is 4.08. The molecule has 2 aromatic rings. The number of benzene rings is 1. The number of hydrogen-bond acceptors (Lipinski definition) is 3. The van der Waals surface area contributed by atoms with Crippen molar-refractivity contribution in [3.63, 3.8) is 0 Å². The van der Waals surface area contributed by atoms with Crippen molar-refractivity contribution in [2.24, 2.45) is 0 Å². The van der Waals surface area contributed by atoms with E-state index in [-0.39, 0.29) is 0 Å². The Morgan fingerprint density at radius 1 is 1.18 bits per heavy atom. The molecule has 17 heavy (non-hydrogen) atoms. The van der Waals surface area contributed by atoms with E-state index >= 15 is 0 Å². The molecule has 0 spiro atoms. The summed E-state index contributed by atoms with van der Waals surface area (Å²) in [6.07, 6.45) is 4.63. The van der Waals surface area contributed by atoms with E-state index in [1.807, 2.05) is 30.6 Å². The van der Waals surface area contributed by atoms with E-state index in [2.05, 4.69) is 34.3 Å². The maximum absolute atomic E-state index is 4.36. The molecule has 0 bridgehead atoms. The smallest absolute Gasteiger partial charge is 0.0995 e. The number of fused-ring (bicyclic) bond motifs is 1. The summed E-state index contributed by atoms with van der Waals surface area (Å²) >= 11 is 0. The third kappa shape index (κ3) is 1.87. The van der Waals surface area contributed by atoms with Gasteiger partial charge in [0, 0.05) is 29.9 Å². The minimum absolute atomic E-state index is 0.832. The topological polar surface area (TPSA) is 37.0 Å². The molecule has 0 atom stereocenters. The Balaban J connectivity index is 1.98. The lowest BCUT2D eigenvalue weighted by Gasteiger charge is -2.07. The fraction of sp³-hybridized carbons (Fsp3) is 0.0714. The van der Waals surface area contributed by atoms with Gasteiger partial charge in [0.05, 0.1) is 11.3 Å². The van der Waals surface area contributed by atoms with Gasteiger partial charge in [0.25, 0.3) is 0 Å². The standard InChI is InChI=1S/C14H13N3/c1-10-16-9-12(17-10)8-11-4-2-6-14-13(11)5-3-7-15-14/h2-7,9,16-17H,1,8H2. The van der Waals surface area contributed by atoms with Gasteiger partial charge in [-0.3, -0.25) is 4.98 Å². The zero-order chi connectivity index (χ0) is 11.7. The molecule has 0 fully saturated rings. The van der Waals surface area contributed by atoms with Crippen molar-refractivity contribution >= 4 is 10.9 Å². The third-order valence-corrected chi connectivity index (χ3v) is 2.85. The monoisotopic (exact) mass is 223 g/mol. The van der Waals surface area contributed by atoms with E-state index in [1.54, 1.807) is 0 Å². The molecular formula is C14H13N3. The Bertz CT molecular complexity index is 608. The Morgan fingerprint density at radius 3 is 2.94 bits per heavy atom. The summed E-state index contributed by atoms with van der Waals surface area (Å²) in [5.74, 6) is 0.832. The van der Waals surface area contributed by atoms with Crippen LogP contribution >= 0.6 is 0 Å². The highest BCUT2D eigenvalue weighted by Gasteiger charge is 2.08. The molecule has 0 saturated heterocycles. The maximum atomic E-state index is 4.36. The minimum Gasteiger partial charge on any atom is -0.347 e. The first-order valence-corrected chi connectivity index (χ1v) is 5.57. The quantitative estimate of drug-likeness (QED) is 0.820. The van der Waals surface area contributed by atoms with Crippen LogP contribution in [0, 0.1) is 0 Å². The molecule has 1 aliphatic heterocycles. The Hall–Kier alpha value is -2.29. The van der Waals surface area contributed by atoms with Gasteiger partial charge in [-0.2, -0.15) is 0 Å². The van der Waals surface area contributed by atoms with Crippen molar-refractivity contribution in [3.8, 4) is 0 Å². The van der Waals surface area contributed by atoms with Crippen LogP contribution < -0.4 is 10.6 Å². The molecule has 2 heterocycles. The van der Waals surface area contributed by atoms with E-state index in [1.165, 1.54) is 10.9 Å². The summed E-state index contributed by atoms with van der Waals surface area (Å²) in [7, 11) is 0.